The molecule has 6 heteroatoms. The summed E-state index contributed by atoms with van der Waals surface area (Å²) in [5, 5.41) is 0. The quantitative estimate of drug-likeness (QED) is 0.0261. The maximum Gasteiger partial charge on any atom is 0.306 e. The monoisotopic (exact) mass is 1130 g/mol. The lowest BCUT2D eigenvalue weighted by atomic mass is 10.0. The van der Waals surface area contributed by atoms with Crippen molar-refractivity contribution in [1.82, 2.24) is 0 Å². The van der Waals surface area contributed by atoms with E-state index in [0.29, 0.717) is 19.3 Å². The highest BCUT2D eigenvalue weighted by atomic mass is 16.6. The van der Waals surface area contributed by atoms with Gasteiger partial charge in [-0.1, -0.05) is 331 Å². The molecule has 470 valence electrons. The van der Waals surface area contributed by atoms with Crippen molar-refractivity contribution in [2.45, 2.75) is 374 Å². The second-order valence-electron chi connectivity index (χ2n) is 23.8. The van der Waals surface area contributed by atoms with Crippen molar-refractivity contribution in [2.75, 3.05) is 13.2 Å². The van der Waals surface area contributed by atoms with Crippen LogP contribution in [0.3, 0.4) is 0 Å². The van der Waals surface area contributed by atoms with E-state index >= 15 is 0 Å². The van der Waals surface area contributed by atoms with Crippen LogP contribution in [-0.4, -0.2) is 37.2 Å². The van der Waals surface area contributed by atoms with Gasteiger partial charge in [0.25, 0.3) is 0 Å². The second kappa shape index (κ2) is 69.3. The lowest BCUT2D eigenvalue weighted by Gasteiger charge is -2.18. The number of hydrogen-bond acceptors (Lipinski definition) is 6. The first kappa shape index (κ1) is 77.9. The molecule has 1 unspecified atom stereocenters. The molecule has 0 aliphatic carbocycles. The van der Waals surface area contributed by atoms with Gasteiger partial charge in [0, 0.05) is 19.3 Å². The Kier molecular flexibility index (Phi) is 66.6. The fraction of sp³-hybridized carbons (Fsp3) is 0.800. The molecule has 6 nitrogen and oxygen atoms in total. The van der Waals surface area contributed by atoms with Crippen LogP contribution in [-0.2, 0) is 28.6 Å². The van der Waals surface area contributed by atoms with Crippen molar-refractivity contribution in [1.29, 1.82) is 0 Å². The number of rotatable bonds is 65. The average molecular weight is 1130 g/mol. The lowest BCUT2D eigenvalue weighted by molar-refractivity contribution is -0.167. The smallest absolute Gasteiger partial charge is 0.306 e. The van der Waals surface area contributed by atoms with Gasteiger partial charge in [-0.25, -0.2) is 0 Å². The molecule has 0 aromatic heterocycles. The largest absolute Gasteiger partial charge is 0.462 e. The second-order valence-corrected chi connectivity index (χ2v) is 23.8. The van der Waals surface area contributed by atoms with E-state index in [4.69, 9.17) is 14.2 Å². The first-order valence-corrected chi connectivity index (χ1v) is 35.4. The van der Waals surface area contributed by atoms with Crippen LogP contribution >= 0.6 is 0 Å². The Morgan fingerprint density at radius 2 is 0.481 bits per heavy atom. The molecule has 0 aromatic carbocycles. The molecule has 0 amide bonds. The van der Waals surface area contributed by atoms with Gasteiger partial charge in [-0.05, 0) is 89.9 Å². The topological polar surface area (TPSA) is 78.9 Å². The van der Waals surface area contributed by atoms with Gasteiger partial charge in [0.2, 0.25) is 0 Å². The predicted molar refractivity (Wildman–Crippen MR) is 353 cm³/mol. The molecule has 0 radical (unpaired) electrons. The highest BCUT2D eigenvalue weighted by Gasteiger charge is 2.19. The summed E-state index contributed by atoms with van der Waals surface area (Å²) in [4.78, 5) is 38.3. The van der Waals surface area contributed by atoms with Crippen molar-refractivity contribution < 1.29 is 28.6 Å². The zero-order valence-corrected chi connectivity index (χ0v) is 54.1. The standard InChI is InChI=1S/C75H134O6/c1-4-7-10-13-16-19-22-24-26-28-29-30-31-32-33-34-35-36-37-38-39-40-41-42-43-44-45-47-48-50-53-56-59-62-65-68-74(77)80-71-72(70-79-73(76)67-64-61-58-55-52-21-18-15-12-9-6-3)81-75(78)69-66-63-60-57-54-51-49-46-27-25-23-20-17-14-11-8-5-2/h7,10,16-17,19-20,24-27,29-30,72H,4-6,8-9,11-15,18,21-23,28,31-71H2,1-3H3/b10-7-,19-16-,20-17-,26-24-,27-25-,30-29-. The molecule has 0 aromatic rings. The minimum Gasteiger partial charge on any atom is -0.462 e. The Bertz CT molecular complexity index is 1490. The summed E-state index contributed by atoms with van der Waals surface area (Å²) in [6.07, 6.45) is 90.9. The van der Waals surface area contributed by atoms with E-state index in [1.807, 2.05) is 0 Å². The summed E-state index contributed by atoms with van der Waals surface area (Å²) in [7, 11) is 0. The normalized spacial score (nSPS) is 12.5. The fourth-order valence-corrected chi connectivity index (χ4v) is 10.4. The third-order valence-corrected chi connectivity index (χ3v) is 15.7. The molecule has 0 aliphatic heterocycles. The molecule has 0 rings (SSSR count). The van der Waals surface area contributed by atoms with Crippen LogP contribution < -0.4 is 0 Å². The number of esters is 3. The highest BCUT2D eigenvalue weighted by molar-refractivity contribution is 5.71. The van der Waals surface area contributed by atoms with Crippen molar-refractivity contribution in [3.8, 4) is 0 Å². The third kappa shape index (κ3) is 67.5. The Morgan fingerprint density at radius 3 is 0.778 bits per heavy atom. The Morgan fingerprint density at radius 1 is 0.259 bits per heavy atom. The molecule has 0 saturated heterocycles. The number of carbonyl (C=O) groups is 3. The van der Waals surface area contributed by atoms with Gasteiger partial charge >= 0.3 is 17.9 Å². The van der Waals surface area contributed by atoms with Gasteiger partial charge < -0.3 is 14.2 Å². The maximum atomic E-state index is 12.9. The highest BCUT2D eigenvalue weighted by Crippen LogP contribution is 2.18. The number of ether oxygens (including phenoxy) is 3. The molecule has 0 spiro atoms. The van der Waals surface area contributed by atoms with Gasteiger partial charge in [-0.3, -0.25) is 14.4 Å². The van der Waals surface area contributed by atoms with E-state index in [-0.39, 0.29) is 31.1 Å². The van der Waals surface area contributed by atoms with E-state index < -0.39 is 6.10 Å². The number of carbonyl (C=O) groups excluding carboxylic acids is 3. The summed E-state index contributed by atoms with van der Waals surface area (Å²) >= 11 is 0. The summed E-state index contributed by atoms with van der Waals surface area (Å²) in [6.45, 7) is 6.54. The average Bonchev–Trinajstić information content (AvgIpc) is 3.47. The van der Waals surface area contributed by atoms with Gasteiger partial charge in [-0.2, -0.15) is 0 Å². The van der Waals surface area contributed by atoms with Crippen LogP contribution in [0.5, 0.6) is 0 Å². The van der Waals surface area contributed by atoms with Gasteiger partial charge in [-0.15, -0.1) is 0 Å². The summed E-state index contributed by atoms with van der Waals surface area (Å²) in [5.41, 5.74) is 0. The van der Waals surface area contributed by atoms with Crippen LogP contribution in [0.1, 0.15) is 367 Å². The molecule has 0 saturated carbocycles. The Hall–Kier alpha value is -3.15. The lowest BCUT2D eigenvalue weighted by Crippen LogP contribution is -2.30. The zero-order valence-electron chi connectivity index (χ0n) is 54.1. The van der Waals surface area contributed by atoms with Crippen LogP contribution in [0.4, 0.5) is 0 Å². The van der Waals surface area contributed by atoms with Crippen LogP contribution in [0.25, 0.3) is 0 Å². The van der Waals surface area contributed by atoms with Crippen molar-refractivity contribution >= 4 is 17.9 Å². The Labute approximate surface area is 503 Å². The number of unbranched alkanes of at least 4 members (excludes halogenated alkanes) is 42. The van der Waals surface area contributed by atoms with E-state index in [2.05, 4.69) is 93.7 Å². The molecule has 0 aliphatic rings. The maximum absolute atomic E-state index is 12.9. The number of allylic oxidation sites excluding steroid dienone is 12. The summed E-state index contributed by atoms with van der Waals surface area (Å²) in [6, 6.07) is 0. The van der Waals surface area contributed by atoms with E-state index in [1.165, 1.54) is 231 Å². The Balaban J connectivity index is 4.06. The summed E-state index contributed by atoms with van der Waals surface area (Å²) in [5.74, 6) is -0.859. The molecule has 81 heavy (non-hydrogen) atoms. The van der Waals surface area contributed by atoms with Crippen molar-refractivity contribution in [2.24, 2.45) is 0 Å². The minimum absolute atomic E-state index is 0.0723. The van der Waals surface area contributed by atoms with Crippen LogP contribution in [0.15, 0.2) is 72.9 Å². The van der Waals surface area contributed by atoms with Crippen molar-refractivity contribution in [3.63, 3.8) is 0 Å². The van der Waals surface area contributed by atoms with Gasteiger partial charge in [0.15, 0.2) is 6.10 Å². The first-order valence-electron chi connectivity index (χ1n) is 35.4. The number of hydrogen-bond donors (Lipinski definition) is 0. The van der Waals surface area contributed by atoms with E-state index in [1.54, 1.807) is 0 Å². The predicted octanol–water partition coefficient (Wildman–Crippen LogP) is 24.4. The molecular weight excluding hydrogens is 997 g/mol. The molecule has 0 fully saturated rings. The van der Waals surface area contributed by atoms with E-state index in [0.717, 1.165) is 96.3 Å². The SMILES string of the molecule is CC/C=C\C/C=C\C/C=C\C/C=C\CCCCCCCCCCCCCCCCCCCCCCCCC(=O)OCC(COC(=O)CCCCCCCCCCCCC)OC(=O)CCCCCCCCC/C=C\C/C=C\CCCCC. The van der Waals surface area contributed by atoms with Crippen molar-refractivity contribution in [3.05, 3.63) is 72.9 Å². The van der Waals surface area contributed by atoms with Crippen LogP contribution in [0, 0.1) is 0 Å². The van der Waals surface area contributed by atoms with Gasteiger partial charge in [0.05, 0.1) is 0 Å². The third-order valence-electron chi connectivity index (χ3n) is 15.7. The van der Waals surface area contributed by atoms with Gasteiger partial charge in [0.1, 0.15) is 13.2 Å². The molecule has 0 bridgehead atoms. The first-order chi connectivity index (χ1) is 40.0. The molecular formula is C75H134O6. The molecule has 0 N–H and O–H groups in total. The molecule has 0 heterocycles. The fourth-order valence-electron chi connectivity index (χ4n) is 10.4. The minimum atomic E-state index is -0.775. The summed E-state index contributed by atoms with van der Waals surface area (Å²) < 4.78 is 16.9. The zero-order chi connectivity index (χ0) is 58.5. The molecule has 1 atom stereocenters. The van der Waals surface area contributed by atoms with E-state index in [9.17, 15) is 14.4 Å². The van der Waals surface area contributed by atoms with Crippen LogP contribution in [0.2, 0.25) is 0 Å².